The lowest BCUT2D eigenvalue weighted by atomic mass is 10.2. The fourth-order valence-corrected chi connectivity index (χ4v) is 2.20. The van der Waals surface area contributed by atoms with Gasteiger partial charge < -0.3 is 14.8 Å². The summed E-state index contributed by atoms with van der Waals surface area (Å²) in [5.41, 5.74) is 3.87. The Bertz CT molecular complexity index is 790. The van der Waals surface area contributed by atoms with Crippen LogP contribution in [0, 0.1) is 0 Å². The Morgan fingerprint density at radius 3 is 2.60 bits per heavy atom. The second kappa shape index (κ2) is 7.96. The van der Waals surface area contributed by atoms with Gasteiger partial charge >= 0.3 is 0 Å². The van der Waals surface area contributed by atoms with E-state index in [1.54, 1.807) is 30.3 Å². The van der Waals surface area contributed by atoms with Gasteiger partial charge in [-0.15, -0.1) is 0 Å². The Hall–Kier alpha value is -3.35. The van der Waals surface area contributed by atoms with E-state index in [2.05, 4.69) is 15.8 Å². The van der Waals surface area contributed by atoms with Gasteiger partial charge in [0, 0.05) is 18.5 Å². The van der Waals surface area contributed by atoms with Crippen molar-refractivity contribution in [2.45, 2.75) is 12.8 Å². The van der Waals surface area contributed by atoms with Crippen LogP contribution in [-0.4, -0.2) is 24.8 Å². The Balaban J connectivity index is 1.41. The summed E-state index contributed by atoms with van der Waals surface area (Å²) in [6.45, 7) is 0.206. The van der Waals surface area contributed by atoms with E-state index < -0.39 is 0 Å². The number of benzene rings is 2. The fourth-order valence-electron chi connectivity index (χ4n) is 2.20. The minimum atomic E-state index is -0.333. The van der Waals surface area contributed by atoms with Gasteiger partial charge in [0.1, 0.15) is 0 Å². The Kier molecular flexibility index (Phi) is 5.26. The van der Waals surface area contributed by atoms with Crippen molar-refractivity contribution in [3.05, 3.63) is 54.1 Å². The van der Waals surface area contributed by atoms with E-state index in [0.717, 1.165) is 5.56 Å². The summed E-state index contributed by atoms with van der Waals surface area (Å²) in [5.74, 6) is 0.778. The number of carbonyl (C=O) groups is 2. The molecule has 25 heavy (non-hydrogen) atoms. The molecule has 0 bridgehead atoms. The van der Waals surface area contributed by atoms with Crippen LogP contribution in [0.15, 0.2) is 53.6 Å². The van der Waals surface area contributed by atoms with Crippen molar-refractivity contribution in [1.29, 1.82) is 0 Å². The van der Waals surface area contributed by atoms with E-state index in [0.29, 0.717) is 17.2 Å². The standard InChI is InChI=1S/C18H17N3O4/c22-17(20-14-4-2-1-3-5-14)8-9-18(23)21-19-11-13-6-7-15-16(10-13)25-12-24-15/h1-7,10-11H,8-9,12H2,(H,20,22)(H,21,23)/b19-11+. The minimum Gasteiger partial charge on any atom is -0.454 e. The van der Waals surface area contributed by atoms with Crippen LogP contribution in [0.25, 0.3) is 0 Å². The molecule has 0 unspecified atom stereocenters. The number of hydrazone groups is 1. The molecule has 128 valence electrons. The SMILES string of the molecule is O=C(CCC(=O)Nc1ccccc1)N/N=C/c1ccc2c(c1)OCO2. The van der Waals surface area contributed by atoms with Gasteiger partial charge in [-0.1, -0.05) is 18.2 Å². The molecule has 3 rings (SSSR count). The van der Waals surface area contributed by atoms with E-state index in [1.165, 1.54) is 6.21 Å². The van der Waals surface area contributed by atoms with Crippen molar-refractivity contribution in [2.24, 2.45) is 5.10 Å². The molecule has 2 N–H and O–H groups in total. The van der Waals surface area contributed by atoms with E-state index >= 15 is 0 Å². The number of para-hydroxylation sites is 1. The monoisotopic (exact) mass is 339 g/mol. The summed E-state index contributed by atoms with van der Waals surface area (Å²) in [6.07, 6.45) is 1.64. The van der Waals surface area contributed by atoms with E-state index in [1.807, 2.05) is 18.2 Å². The lowest BCUT2D eigenvalue weighted by molar-refractivity contribution is -0.124. The predicted molar refractivity (Wildman–Crippen MR) is 92.6 cm³/mol. The summed E-state index contributed by atoms with van der Waals surface area (Å²) < 4.78 is 10.5. The third-order valence-corrected chi connectivity index (χ3v) is 3.44. The molecule has 1 heterocycles. The number of amides is 2. The number of fused-ring (bicyclic) bond motifs is 1. The Morgan fingerprint density at radius 1 is 1.00 bits per heavy atom. The van der Waals surface area contributed by atoms with Crippen LogP contribution >= 0.6 is 0 Å². The van der Waals surface area contributed by atoms with Crippen LogP contribution in [0.4, 0.5) is 5.69 Å². The molecule has 2 amide bonds. The van der Waals surface area contributed by atoms with Crippen molar-refractivity contribution in [3.8, 4) is 11.5 Å². The van der Waals surface area contributed by atoms with Crippen LogP contribution in [0.5, 0.6) is 11.5 Å². The molecular weight excluding hydrogens is 322 g/mol. The highest BCUT2D eigenvalue weighted by molar-refractivity contribution is 5.93. The molecular formula is C18H17N3O4. The van der Waals surface area contributed by atoms with Crippen LogP contribution in [0.2, 0.25) is 0 Å². The molecule has 7 heteroatoms. The van der Waals surface area contributed by atoms with Crippen molar-refractivity contribution in [1.82, 2.24) is 5.43 Å². The zero-order chi connectivity index (χ0) is 17.5. The molecule has 2 aromatic carbocycles. The molecule has 7 nitrogen and oxygen atoms in total. The molecule has 2 aromatic rings. The summed E-state index contributed by atoms with van der Waals surface area (Å²) in [4.78, 5) is 23.5. The highest BCUT2D eigenvalue weighted by Crippen LogP contribution is 2.31. The number of nitrogens with one attached hydrogen (secondary N) is 2. The molecule has 0 atom stereocenters. The number of nitrogens with zero attached hydrogens (tertiary/aromatic N) is 1. The van der Waals surface area contributed by atoms with Gasteiger partial charge in [-0.05, 0) is 35.9 Å². The average Bonchev–Trinajstić information content (AvgIpc) is 3.09. The first kappa shape index (κ1) is 16.5. The normalized spacial score (nSPS) is 12.2. The van der Waals surface area contributed by atoms with Gasteiger partial charge in [-0.3, -0.25) is 9.59 Å². The van der Waals surface area contributed by atoms with Gasteiger partial charge in [0.25, 0.3) is 0 Å². The highest BCUT2D eigenvalue weighted by Gasteiger charge is 2.12. The number of ether oxygens (including phenoxy) is 2. The molecule has 0 radical (unpaired) electrons. The van der Waals surface area contributed by atoms with Crippen LogP contribution in [0.3, 0.4) is 0 Å². The predicted octanol–water partition coefficient (Wildman–Crippen LogP) is 2.28. The summed E-state index contributed by atoms with van der Waals surface area (Å²) >= 11 is 0. The smallest absolute Gasteiger partial charge is 0.240 e. The first-order valence-electron chi connectivity index (χ1n) is 7.77. The van der Waals surface area contributed by atoms with Gasteiger partial charge in [-0.25, -0.2) is 5.43 Å². The van der Waals surface area contributed by atoms with E-state index in [9.17, 15) is 9.59 Å². The minimum absolute atomic E-state index is 0.0527. The van der Waals surface area contributed by atoms with Gasteiger partial charge in [0.15, 0.2) is 11.5 Å². The van der Waals surface area contributed by atoms with Crippen molar-refractivity contribution in [3.63, 3.8) is 0 Å². The second-order valence-electron chi connectivity index (χ2n) is 5.32. The van der Waals surface area contributed by atoms with Crippen molar-refractivity contribution in [2.75, 3.05) is 12.1 Å². The summed E-state index contributed by atoms with van der Waals surface area (Å²) in [7, 11) is 0. The quantitative estimate of drug-likeness (QED) is 0.624. The first-order chi connectivity index (χ1) is 12.2. The first-order valence-corrected chi connectivity index (χ1v) is 7.77. The maximum absolute atomic E-state index is 11.8. The van der Waals surface area contributed by atoms with Crippen molar-refractivity contribution < 1.29 is 19.1 Å². The Morgan fingerprint density at radius 2 is 1.76 bits per heavy atom. The third kappa shape index (κ3) is 4.81. The molecule has 1 aliphatic heterocycles. The summed E-state index contributed by atoms with van der Waals surface area (Å²) in [6, 6.07) is 14.4. The Labute approximate surface area is 144 Å². The van der Waals surface area contributed by atoms with Gasteiger partial charge in [0.2, 0.25) is 18.6 Å². The topological polar surface area (TPSA) is 89.0 Å². The lowest BCUT2D eigenvalue weighted by Gasteiger charge is -2.04. The molecule has 0 saturated heterocycles. The molecule has 0 spiro atoms. The fraction of sp³-hybridized carbons (Fsp3) is 0.167. The number of rotatable bonds is 6. The second-order valence-corrected chi connectivity index (χ2v) is 5.32. The van der Waals surface area contributed by atoms with Crippen molar-refractivity contribution >= 4 is 23.7 Å². The van der Waals surface area contributed by atoms with Crippen LogP contribution in [0.1, 0.15) is 18.4 Å². The molecule has 0 aromatic heterocycles. The molecule has 0 aliphatic carbocycles. The maximum atomic E-state index is 11.8. The van der Waals surface area contributed by atoms with E-state index in [4.69, 9.17) is 9.47 Å². The maximum Gasteiger partial charge on any atom is 0.240 e. The number of anilines is 1. The molecule has 0 fully saturated rings. The van der Waals surface area contributed by atoms with E-state index in [-0.39, 0.29) is 31.4 Å². The summed E-state index contributed by atoms with van der Waals surface area (Å²) in [5, 5.41) is 6.60. The molecule has 0 saturated carbocycles. The third-order valence-electron chi connectivity index (χ3n) is 3.44. The zero-order valence-electron chi connectivity index (χ0n) is 13.4. The average molecular weight is 339 g/mol. The number of hydrogen-bond donors (Lipinski definition) is 2. The van der Waals surface area contributed by atoms with Gasteiger partial charge in [0.05, 0.1) is 6.21 Å². The van der Waals surface area contributed by atoms with Crippen LogP contribution < -0.4 is 20.2 Å². The molecule has 1 aliphatic rings. The van der Waals surface area contributed by atoms with Gasteiger partial charge in [-0.2, -0.15) is 5.10 Å². The highest BCUT2D eigenvalue weighted by atomic mass is 16.7. The number of carbonyl (C=O) groups excluding carboxylic acids is 2. The van der Waals surface area contributed by atoms with Crippen LogP contribution in [-0.2, 0) is 9.59 Å². The zero-order valence-corrected chi connectivity index (χ0v) is 13.4. The number of hydrogen-bond acceptors (Lipinski definition) is 5. The lowest BCUT2D eigenvalue weighted by Crippen LogP contribution is -2.20. The largest absolute Gasteiger partial charge is 0.454 e.